The van der Waals surface area contributed by atoms with Crippen LogP contribution in [0.15, 0.2) is 12.1 Å². The van der Waals surface area contributed by atoms with Crippen LogP contribution < -0.4 is 10.1 Å². The van der Waals surface area contributed by atoms with Gasteiger partial charge >= 0.3 is 0 Å². The number of ether oxygens (including phenoxy) is 1. The van der Waals surface area contributed by atoms with Crippen molar-refractivity contribution in [3.63, 3.8) is 0 Å². The summed E-state index contributed by atoms with van der Waals surface area (Å²) in [5.41, 5.74) is 2.08. The highest BCUT2D eigenvalue weighted by Crippen LogP contribution is 2.17. The van der Waals surface area contributed by atoms with E-state index in [-0.39, 0.29) is 0 Å². The Morgan fingerprint density at radius 1 is 1.24 bits per heavy atom. The van der Waals surface area contributed by atoms with Gasteiger partial charge in [0.25, 0.3) is 0 Å². The smallest absolute Gasteiger partial charge is 0.142 e. The van der Waals surface area contributed by atoms with Crippen molar-refractivity contribution < 1.29 is 4.74 Å². The molecule has 1 aromatic heterocycles. The maximum Gasteiger partial charge on any atom is 0.142 e. The molecule has 1 aliphatic heterocycles. The lowest BCUT2D eigenvalue weighted by Gasteiger charge is -2.26. The number of nitrogens with zero attached hydrogens (tertiary/aromatic N) is 2. The van der Waals surface area contributed by atoms with Gasteiger partial charge in [-0.2, -0.15) is 0 Å². The lowest BCUT2D eigenvalue weighted by molar-refractivity contribution is 0.182. The van der Waals surface area contributed by atoms with E-state index < -0.39 is 0 Å². The largest absolute Gasteiger partial charge is 0.490 e. The average molecular weight is 291 g/mol. The van der Waals surface area contributed by atoms with Crippen LogP contribution in [0.3, 0.4) is 0 Å². The number of piperidine rings is 1. The fourth-order valence-corrected chi connectivity index (χ4v) is 2.71. The maximum atomic E-state index is 5.98. The van der Waals surface area contributed by atoms with E-state index >= 15 is 0 Å². The number of aryl methyl sites for hydroxylation is 1. The normalized spacial score (nSPS) is 16.1. The summed E-state index contributed by atoms with van der Waals surface area (Å²) in [6.07, 6.45) is 5.18. The van der Waals surface area contributed by atoms with Crippen LogP contribution in [0.1, 0.15) is 44.0 Å². The van der Waals surface area contributed by atoms with Gasteiger partial charge < -0.3 is 10.1 Å². The molecule has 118 valence electrons. The van der Waals surface area contributed by atoms with Gasteiger partial charge in [0, 0.05) is 18.8 Å². The van der Waals surface area contributed by atoms with E-state index in [9.17, 15) is 0 Å². The Morgan fingerprint density at radius 2 is 2.05 bits per heavy atom. The molecule has 1 aromatic rings. The second-order valence-electron chi connectivity index (χ2n) is 5.83. The minimum atomic E-state index is 0.755. The fraction of sp³-hybridized carbons (Fsp3) is 0.706. The SMILES string of the molecule is CCCNCc1nc(C)ccc1OCCN1CCCCC1. The molecule has 0 atom stereocenters. The van der Waals surface area contributed by atoms with E-state index in [1.54, 1.807) is 0 Å². The summed E-state index contributed by atoms with van der Waals surface area (Å²) in [7, 11) is 0. The second kappa shape index (κ2) is 9.00. The van der Waals surface area contributed by atoms with Crippen molar-refractivity contribution >= 4 is 0 Å². The van der Waals surface area contributed by atoms with Gasteiger partial charge in [0.05, 0.1) is 5.69 Å². The highest BCUT2D eigenvalue weighted by Gasteiger charge is 2.11. The average Bonchev–Trinajstić information content (AvgIpc) is 2.51. The van der Waals surface area contributed by atoms with Crippen molar-refractivity contribution in [2.24, 2.45) is 0 Å². The highest BCUT2D eigenvalue weighted by atomic mass is 16.5. The maximum absolute atomic E-state index is 5.98. The van der Waals surface area contributed by atoms with Gasteiger partial charge in [-0.05, 0) is 58.0 Å². The van der Waals surface area contributed by atoms with Gasteiger partial charge in [0.2, 0.25) is 0 Å². The molecule has 21 heavy (non-hydrogen) atoms. The Kier molecular flexibility index (Phi) is 6.96. The summed E-state index contributed by atoms with van der Waals surface area (Å²) in [4.78, 5) is 7.11. The van der Waals surface area contributed by atoms with Crippen molar-refractivity contribution in [1.82, 2.24) is 15.2 Å². The minimum Gasteiger partial charge on any atom is -0.490 e. The van der Waals surface area contributed by atoms with Crippen LogP contribution in [0.5, 0.6) is 5.75 Å². The lowest BCUT2D eigenvalue weighted by Crippen LogP contribution is -2.33. The molecule has 0 amide bonds. The van der Waals surface area contributed by atoms with Crippen molar-refractivity contribution in [3.05, 3.63) is 23.5 Å². The molecule has 4 nitrogen and oxygen atoms in total. The second-order valence-corrected chi connectivity index (χ2v) is 5.83. The van der Waals surface area contributed by atoms with Gasteiger partial charge in [0.15, 0.2) is 0 Å². The molecular formula is C17H29N3O. The van der Waals surface area contributed by atoms with Crippen molar-refractivity contribution in [2.45, 2.75) is 46.1 Å². The molecule has 1 fully saturated rings. The summed E-state index contributed by atoms with van der Waals surface area (Å²) in [6, 6.07) is 4.08. The number of aromatic nitrogens is 1. The van der Waals surface area contributed by atoms with E-state index in [1.807, 2.05) is 13.0 Å². The molecule has 2 rings (SSSR count). The Labute approximate surface area is 128 Å². The van der Waals surface area contributed by atoms with Crippen LogP contribution in [0.25, 0.3) is 0 Å². The zero-order valence-corrected chi connectivity index (χ0v) is 13.5. The first-order chi connectivity index (χ1) is 10.3. The van der Waals surface area contributed by atoms with Crippen molar-refractivity contribution in [3.8, 4) is 5.75 Å². The molecule has 0 bridgehead atoms. The predicted octanol–water partition coefficient (Wildman–Crippen LogP) is 2.75. The molecule has 1 aliphatic rings. The Morgan fingerprint density at radius 3 is 2.81 bits per heavy atom. The van der Waals surface area contributed by atoms with Gasteiger partial charge in [0.1, 0.15) is 12.4 Å². The van der Waals surface area contributed by atoms with Crippen LogP contribution in [0, 0.1) is 6.92 Å². The van der Waals surface area contributed by atoms with E-state index in [2.05, 4.69) is 28.2 Å². The van der Waals surface area contributed by atoms with Crippen LogP contribution in [0.2, 0.25) is 0 Å². The standard InChI is InChI=1S/C17H29N3O/c1-3-9-18-14-16-17(8-7-15(2)19-16)21-13-12-20-10-5-4-6-11-20/h7-8,18H,3-6,9-14H2,1-2H3. The van der Waals surface area contributed by atoms with Crippen LogP contribution in [0.4, 0.5) is 0 Å². The van der Waals surface area contributed by atoms with E-state index in [4.69, 9.17) is 4.74 Å². The summed E-state index contributed by atoms with van der Waals surface area (Å²) in [6.45, 7) is 10.2. The predicted molar refractivity (Wildman–Crippen MR) is 86.8 cm³/mol. The molecule has 0 unspecified atom stereocenters. The molecule has 0 spiro atoms. The van der Waals surface area contributed by atoms with Crippen molar-refractivity contribution in [1.29, 1.82) is 0 Å². The summed E-state index contributed by atoms with van der Waals surface area (Å²) in [5, 5.41) is 3.41. The molecule has 0 aromatic carbocycles. The first-order valence-corrected chi connectivity index (χ1v) is 8.32. The van der Waals surface area contributed by atoms with Crippen LogP contribution in [-0.2, 0) is 6.54 Å². The number of pyridine rings is 1. The molecule has 2 heterocycles. The third-order valence-corrected chi connectivity index (χ3v) is 3.90. The quantitative estimate of drug-likeness (QED) is 0.747. The fourth-order valence-electron chi connectivity index (χ4n) is 2.71. The Bertz CT molecular complexity index is 416. The summed E-state index contributed by atoms with van der Waals surface area (Å²) >= 11 is 0. The molecule has 0 saturated carbocycles. The van der Waals surface area contributed by atoms with Crippen LogP contribution >= 0.6 is 0 Å². The van der Waals surface area contributed by atoms with E-state index in [0.717, 1.165) is 49.8 Å². The van der Waals surface area contributed by atoms with E-state index in [1.165, 1.54) is 32.4 Å². The lowest BCUT2D eigenvalue weighted by atomic mass is 10.1. The minimum absolute atomic E-state index is 0.755. The third kappa shape index (κ3) is 5.64. The zero-order valence-electron chi connectivity index (χ0n) is 13.5. The van der Waals surface area contributed by atoms with Gasteiger partial charge in [-0.25, -0.2) is 0 Å². The molecule has 0 radical (unpaired) electrons. The molecule has 1 N–H and O–H groups in total. The van der Waals surface area contributed by atoms with Gasteiger partial charge in [-0.1, -0.05) is 13.3 Å². The Hall–Kier alpha value is -1.13. The number of nitrogens with one attached hydrogen (secondary N) is 1. The molecular weight excluding hydrogens is 262 g/mol. The number of rotatable bonds is 8. The number of hydrogen-bond donors (Lipinski definition) is 1. The van der Waals surface area contributed by atoms with Crippen LogP contribution in [-0.4, -0.2) is 42.7 Å². The summed E-state index contributed by atoms with van der Waals surface area (Å²) < 4.78 is 5.98. The highest BCUT2D eigenvalue weighted by molar-refractivity contribution is 5.29. The molecule has 0 aliphatic carbocycles. The van der Waals surface area contributed by atoms with Gasteiger partial charge in [-0.15, -0.1) is 0 Å². The Balaban J connectivity index is 1.82. The number of likely N-dealkylation sites (tertiary alicyclic amines) is 1. The third-order valence-electron chi connectivity index (χ3n) is 3.90. The zero-order chi connectivity index (χ0) is 14.9. The summed E-state index contributed by atoms with van der Waals surface area (Å²) in [5.74, 6) is 0.932. The van der Waals surface area contributed by atoms with Crippen molar-refractivity contribution in [2.75, 3.05) is 32.8 Å². The molecule has 4 heteroatoms. The first-order valence-electron chi connectivity index (χ1n) is 8.32. The molecule has 1 saturated heterocycles. The monoisotopic (exact) mass is 291 g/mol. The van der Waals surface area contributed by atoms with E-state index in [0.29, 0.717) is 0 Å². The number of hydrogen-bond acceptors (Lipinski definition) is 4. The first kappa shape index (κ1) is 16.2. The van der Waals surface area contributed by atoms with Gasteiger partial charge in [-0.3, -0.25) is 9.88 Å². The topological polar surface area (TPSA) is 37.4 Å².